The van der Waals surface area contributed by atoms with Crippen molar-refractivity contribution in [3.05, 3.63) is 24.3 Å². The zero-order valence-electron chi connectivity index (χ0n) is 12.3. The zero-order chi connectivity index (χ0) is 15.1. The zero-order valence-corrected chi connectivity index (χ0v) is 13.9. The van der Waals surface area contributed by atoms with E-state index < -0.39 is 0 Å². The summed E-state index contributed by atoms with van der Waals surface area (Å²) in [4.78, 5) is 16.3. The molecule has 0 amide bonds. The number of aromatic nitrogens is 1. The maximum Gasteiger partial charge on any atom is 0.322 e. The highest BCUT2D eigenvalue weighted by Gasteiger charge is 2.18. The molecule has 0 spiro atoms. The van der Waals surface area contributed by atoms with E-state index in [4.69, 9.17) is 4.74 Å². The Morgan fingerprint density at radius 1 is 1.48 bits per heavy atom. The number of ether oxygens (including phenoxy) is 1. The van der Waals surface area contributed by atoms with Crippen molar-refractivity contribution >= 4 is 39.3 Å². The number of fused-ring (bicyclic) bond motifs is 1. The molecule has 2 rings (SSSR count). The standard InChI is InChI=1S/C15H20N2O2S2/c1-3-9-16-12(14(18)19-2)8-10-20-15-17-11-6-4-5-7-13(11)21-15/h4-7,12,16H,3,8-10H2,1-2H3. The Balaban J connectivity index is 1.87. The van der Waals surface area contributed by atoms with Crippen LogP contribution in [0.15, 0.2) is 28.6 Å². The molecule has 6 heteroatoms. The summed E-state index contributed by atoms with van der Waals surface area (Å²) < 4.78 is 7.09. The average molecular weight is 324 g/mol. The topological polar surface area (TPSA) is 51.2 Å². The van der Waals surface area contributed by atoms with Crippen molar-refractivity contribution in [3.8, 4) is 0 Å². The van der Waals surface area contributed by atoms with Crippen molar-refractivity contribution in [1.82, 2.24) is 10.3 Å². The summed E-state index contributed by atoms with van der Waals surface area (Å²) >= 11 is 3.39. The van der Waals surface area contributed by atoms with Gasteiger partial charge in [-0.2, -0.15) is 0 Å². The summed E-state index contributed by atoms with van der Waals surface area (Å²) in [6, 6.07) is 7.90. The number of rotatable bonds is 8. The number of benzene rings is 1. The Labute approximate surface area is 133 Å². The molecule has 1 aromatic carbocycles. The highest BCUT2D eigenvalue weighted by atomic mass is 32.2. The van der Waals surface area contributed by atoms with Gasteiger partial charge in [0, 0.05) is 5.75 Å². The molecular weight excluding hydrogens is 304 g/mol. The summed E-state index contributed by atoms with van der Waals surface area (Å²) in [5.74, 6) is 0.657. The van der Waals surface area contributed by atoms with Gasteiger partial charge >= 0.3 is 5.97 Å². The van der Waals surface area contributed by atoms with Crippen molar-refractivity contribution in [3.63, 3.8) is 0 Å². The van der Waals surface area contributed by atoms with Gasteiger partial charge < -0.3 is 10.1 Å². The molecule has 0 radical (unpaired) electrons. The number of nitrogens with zero attached hydrogens (tertiary/aromatic N) is 1. The van der Waals surface area contributed by atoms with Crippen LogP contribution in [-0.2, 0) is 9.53 Å². The number of esters is 1. The first-order valence-corrected chi connectivity index (χ1v) is 8.84. The third-order valence-electron chi connectivity index (χ3n) is 3.03. The van der Waals surface area contributed by atoms with Crippen LogP contribution in [-0.4, -0.2) is 36.4 Å². The second-order valence-electron chi connectivity index (χ2n) is 4.61. The number of carbonyl (C=O) groups excluding carboxylic acids is 1. The van der Waals surface area contributed by atoms with Gasteiger partial charge in [-0.05, 0) is 31.5 Å². The van der Waals surface area contributed by atoms with Crippen LogP contribution in [0.2, 0.25) is 0 Å². The van der Waals surface area contributed by atoms with E-state index in [9.17, 15) is 4.79 Å². The first-order valence-electron chi connectivity index (χ1n) is 7.04. The highest BCUT2D eigenvalue weighted by molar-refractivity contribution is 8.01. The van der Waals surface area contributed by atoms with Gasteiger partial charge in [-0.3, -0.25) is 4.79 Å². The van der Waals surface area contributed by atoms with Gasteiger partial charge in [-0.25, -0.2) is 4.98 Å². The smallest absolute Gasteiger partial charge is 0.322 e. The van der Waals surface area contributed by atoms with Crippen LogP contribution in [0.3, 0.4) is 0 Å². The molecule has 0 bridgehead atoms. The van der Waals surface area contributed by atoms with Crippen LogP contribution in [0.1, 0.15) is 19.8 Å². The van der Waals surface area contributed by atoms with E-state index in [1.54, 1.807) is 23.1 Å². The van der Waals surface area contributed by atoms with Crippen LogP contribution in [0.4, 0.5) is 0 Å². The van der Waals surface area contributed by atoms with Gasteiger partial charge in [0.2, 0.25) is 0 Å². The SMILES string of the molecule is CCCNC(CCSc1nc2ccccc2s1)C(=O)OC. The molecule has 0 aliphatic carbocycles. The molecule has 4 nitrogen and oxygen atoms in total. The van der Waals surface area contributed by atoms with Crippen LogP contribution in [0.5, 0.6) is 0 Å². The van der Waals surface area contributed by atoms with Gasteiger partial charge in [0.25, 0.3) is 0 Å². The van der Waals surface area contributed by atoms with E-state index in [0.29, 0.717) is 0 Å². The maximum atomic E-state index is 11.7. The maximum absolute atomic E-state index is 11.7. The number of nitrogens with one attached hydrogen (secondary N) is 1. The average Bonchev–Trinajstić information content (AvgIpc) is 2.92. The number of methoxy groups -OCH3 is 1. The molecule has 0 aliphatic rings. The number of thiazole rings is 1. The first kappa shape index (κ1) is 16.3. The van der Waals surface area contributed by atoms with Gasteiger partial charge in [0.1, 0.15) is 6.04 Å². The van der Waals surface area contributed by atoms with E-state index in [1.165, 1.54) is 11.8 Å². The van der Waals surface area contributed by atoms with Crippen molar-refractivity contribution in [2.24, 2.45) is 0 Å². The van der Waals surface area contributed by atoms with Gasteiger partial charge in [0.05, 0.1) is 17.3 Å². The molecule has 0 saturated carbocycles. The molecule has 1 heterocycles. The molecule has 2 aromatic rings. The molecule has 114 valence electrons. The predicted molar refractivity (Wildman–Crippen MR) is 89.1 cm³/mol. The Kier molecular flexibility index (Phi) is 6.48. The Bertz CT molecular complexity index is 553. The minimum Gasteiger partial charge on any atom is -0.468 e. The molecular formula is C15H20N2O2S2. The van der Waals surface area contributed by atoms with E-state index in [2.05, 4.69) is 23.3 Å². The summed E-state index contributed by atoms with van der Waals surface area (Å²) in [5, 5.41) is 3.23. The number of hydrogen-bond acceptors (Lipinski definition) is 6. The van der Waals surface area contributed by atoms with Gasteiger partial charge in [-0.15, -0.1) is 11.3 Å². The van der Waals surface area contributed by atoms with Crippen LogP contribution >= 0.6 is 23.1 Å². The summed E-state index contributed by atoms with van der Waals surface area (Å²) in [6.07, 6.45) is 1.74. The van der Waals surface area contributed by atoms with Crippen molar-refractivity contribution in [2.45, 2.75) is 30.1 Å². The monoisotopic (exact) mass is 324 g/mol. The molecule has 0 fully saturated rings. The number of thioether (sulfide) groups is 1. The van der Waals surface area contributed by atoms with E-state index >= 15 is 0 Å². The van der Waals surface area contributed by atoms with Crippen molar-refractivity contribution in [2.75, 3.05) is 19.4 Å². The summed E-state index contributed by atoms with van der Waals surface area (Å²) in [5.41, 5.74) is 1.04. The first-order chi connectivity index (χ1) is 10.2. The third-order valence-corrected chi connectivity index (χ3v) is 5.25. The van der Waals surface area contributed by atoms with Crippen LogP contribution < -0.4 is 5.32 Å². The van der Waals surface area contributed by atoms with E-state index in [0.717, 1.165) is 35.0 Å². The third kappa shape index (κ3) is 4.69. The highest BCUT2D eigenvalue weighted by Crippen LogP contribution is 2.29. The Morgan fingerprint density at radius 3 is 3.00 bits per heavy atom. The predicted octanol–water partition coefficient (Wildman–Crippen LogP) is 3.32. The number of carbonyl (C=O) groups is 1. The fourth-order valence-corrected chi connectivity index (χ4v) is 4.08. The molecule has 0 aliphatic heterocycles. The Hall–Kier alpha value is -1.11. The second-order valence-corrected chi connectivity index (χ2v) is 6.99. The molecule has 1 N–H and O–H groups in total. The minimum atomic E-state index is -0.225. The molecule has 1 unspecified atom stereocenters. The molecule has 21 heavy (non-hydrogen) atoms. The normalized spacial score (nSPS) is 12.5. The molecule has 1 aromatic heterocycles. The minimum absolute atomic E-state index is 0.187. The largest absolute Gasteiger partial charge is 0.468 e. The lowest BCUT2D eigenvalue weighted by Crippen LogP contribution is -2.38. The number of hydrogen-bond donors (Lipinski definition) is 1. The molecule has 0 saturated heterocycles. The van der Waals surface area contributed by atoms with Gasteiger partial charge in [-0.1, -0.05) is 30.8 Å². The van der Waals surface area contributed by atoms with Crippen LogP contribution in [0, 0.1) is 0 Å². The Morgan fingerprint density at radius 2 is 2.29 bits per heavy atom. The van der Waals surface area contributed by atoms with Crippen LogP contribution in [0.25, 0.3) is 10.2 Å². The quantitative estimate of drug-likeness (QED) is 0.596. The lowest BCUT2D eigenvalue weighted by atomic mass is 10.2. The van der Waals surface area contributed by atoms with E-state index in [-0.39, 0.29) is 12.0 Å². The lowest BCUT2D eigenvalue weighted by molar-refractivity contribution is -0.143. The summed E-state index contributed by atoms with van der Waals surface area (Å²) in [6.45, 7) is 2.91. The van der Waals surface area contributed by atoms with Crippen molar-refractivity contribution in [1.29, 1.82) is 0 Å². The number of para-hydroxylation sites is 1. The summed E-state index contributed by atoms with van der Waals surface area (Å²) in [7, 11) is 1.43. The fraction of sp³-hybridized carbons (Fsp3) is 0.467. The molecule has 1 atom stereocenters. The lowest BCUT2D eigenvalue weighted by Gasteiger charge is -2.15. The van der Waals surface area contributed by atoms with Crippen molar-refractivity contribution < 1.29 is 9.53 Å². The van der Waals surface area contributed by atoms with Gasteiger partial charge in [0.15, 0.2) is 4.34 Å². The fourth-order valence-electron chi connectivity index (χ4n) is 1.94. The second kappa shape index (κ2) is 8.36. The van der Waals surface area contributed by atoms with E-state index in [1.807, 2.05) is 18.2 Å².